The quantitative estimate of drug-likeness (QED) is 0.135. The third-order valence-corrected chi connectivity index (χ3v) is 12.5. The van der Waals surface area contributed by atoms with Gasteiger partial charge in [0.05, 0.1) is 0 Å². The van der Waals surface area contributed by atoms with Crippen molar-refractivity contribution in [1.82, 2.24) is 0 Å². The van der Waals surface area contributed by atoms with E-state index in [-0.39, 0.29) is 5.41 Å². The second kappa shape index (κ2) is 15.3. The van der Waals surface area contributed by atoms with Gasteiger partial charge in [0.15, 0.2) is 0 Å². The van der Waals surface area contributed by atoms with E-state index in [9.17, 15) is 0 Å². The van der Waals surface area contributed by atoms with Crippen LogP contribution in [0.5, 0.6) is 0 Å². The Labute approximate surface area is 364 Å². The number of rotatable bonds is 9. The van der Waals surface area contributed by atoms with Crippen molar-refractivity contribution in [3.63, 3.8) is 0 Å². The lowest BCUT2D eigenvalue weighted by Gasteiger charge is -2.31. The molecule has 296 valence electrons. The molecule has 0 unspecified atom stereocenters. The number of hydrogen-bond donors (Lipinski definition) is 0. The van der Waals surface area contributed by atoms with Crippen molar-refractivity contribution in [3.05, 3.63) is 248 Å². The second-order valence-corrected chi connectivity index (χ2v) is 16.6. The first kappa shape index (κ1) is 37.1. The average molecular weight is 796 g/mol. The van der Waals surface area contributed by atoms with E-state index >= 15 is 0 Å². The highest BCUT2D eigenvalue weighted by Crippen LogP contribution is 2.51. The average Bonchev–Trinajstić information content (AvgIpc) is 3.55. The van der Waals surface area contributed by atoms with Gasteiger partial charge in [0, 0.05) is 56.6 Å². The normalized spacial score (nSPS) is 12.5. The van der Waals surface area contributed by atoms with E-state index in [0.717, 1.165) is 51.2 Å². The Kier molecular flexibility index (Phi) is 9.17. The van der Waals surface area contributed by atoms with E-state index in [1.807, 2.05) is 0 Å². The molecule has 1 aliphatic rings. The number of fused-ring (bicyclic) bond motifs is 6. The summed E-state index contributed by atoms with van der Waals surface area (Å²) in [7, 11) is 0. The topological polar surface area (TPSA) is 9.72 Å². The summed E-state index contributed by atoms with van der Waals surface area (Å²) in [4.78, 5) is 7.05. The lowest BCUT2D eigenvalue weighted by Crippen LogP contribution is -2.14. The summed E-state index contributed by atoms with van der Waals surface area (Å²) in [5.41, 5.74) is 15.2. The molecule has 0 bridgehead atoms. The molecule has 0 fully saturated rings. The van der Waals surface area contributed by atoms with Crippen LogP contribution in [0.25, 0.3) is 32.7 Å². The molecule has 3 heteroatoms. The zero-order chi connectivity index (χ0) is 41.6. The summed E-state index contributed by atoms with van der Waals surface area (Å²) in [5.74, 6) is 0. The lowest BCUT2D eigenvalue weighted by atomic mass is 9.81. The lowest BCUT2D eigenvalue weighted by molar-refractivity contribution is 0.661. The zero-order valence-corrected chi connectivity index (χ0v) is 34.9. The second-order valence-electron chi connectivity index (χ2n) is 16.6. The van der Waals surface area contributed by atoms with Crippen molar-refractivity contribution in [2.75, 3.05) is 14.7 Å². The fourth-order valence-electron chi connectivity index (χ4n) is 9.58. The zero-order valence-electron chi connectivity index (χ0n) is 34.9. The minimum absolute atomic E-state index is 0.0601. The van der Waals surface area contributed by atoms with Gasteiger partial charge in [0.1, 0.15) is 0 Å². The highest BCUT2D eigenvalue weighted by atomic mass is 15.2. The van der Waals surface area contributed by atoms with Crippen LogP contribution in [0, 0.1) is 0 Å². The Morgan fingerprint density at radius 2 is 0.645 bits per heavy atom. The molecule has 0 aromatic heterocycles. The number of nitrogens with zero attached hydrogens (tertiary/aromatic N) is 3. The van der Waals surface area contributed by atoms with Gasteiger partial charge in [-0.3, -0.25) is 0 Å². The molecule has 0 amide bonds. The minimum atomic E-state index is -0.0601. The Hall–Kier alpha value is -7.88. The largest absolute Gasteiger partial charge is 0.310 e. The third kappa shape index (κ3) is 6.47. The van der Waals surface area contributed by atoms with Gasteiger partial charge >= 0.3 is 0 Å². The number of anilines is 9. The van der Waals surface area contributed by atoms with E-state index in [2.05, 4.69) is 265 Å². The Morgan fingerprint density at radius 3 is 1.13 bits per heavy atom. The molecule has 0 atom stereocenters. The van der Waals surface area contributed by atoms with Gasteiger partial charge in [-0.1, -0.05) is 141 Å². The van der Waals surface area contributed by atoms with Crippen LogP contribution >= 0.6 is 0 Å². The smallest absolute Gasteiger partial charge is 0.0482 e. The van der Waals surface area contributed by atoms with Gasteiger partial charge < -0.3 is 14.7 Å². The first-order chi connectivity index (χ1) is 30.5. The van der Waals surface area contributed by atoms with Crippen LogP contribution in [0.2, 0.25) is 0 Å². The van der Waals surface area contributed by atoms with Crippen LogP contribution in [0.1, 0.15) is 25.0 Å². The molecule has 0 saturated carbocycles. The van der Waals surface area contributed by atoms with Crippen molar-refractivity contribution in [2.45, 2.75) is 19.3 Å². The van der Waals surface area contributed by atoms with Crippen LogP contribution in [0.3, 0.4) is 0 Å². The van der Waals surface area contributed by atoms with Gasteiger partial charge in [-0.15, -0.1) is 0 Å². The van der Waals surface area contributed by atoms with Crippen LogP contribution in [-0.4, -0.2) is 0 Å². The molecule has 3 nitrogen and oxygen atoms in total. The molecule has 0 saturated heterocycles. The monoisotopic (exact) mass is 795 g/mol. The SMILES string of the molecule is CC1(C)c2ccccc2-c2cc3ccc4cc(N(c5ccccc5)c5cccc(N(c6ccccc6)c6cccc(N(c7ccccc7)c7ccccc7)c6)c5)ccc4c3cc21. The molecule has 10 aromatic carbocycles. The van der Waals surface area contributed by atoms with Crippen LogP contribution < -0.4 is 14.7 Å². The summed E-state index contributed by atoms with van der Waals surface area (Å²) in [6, 6.07) is 85.6. The fourth-order valence-corrected chi connectivity index (χ4v) is 9.58. The molecule has 10 aromatic rings. The van der Waals surface area contributed by atoms with Crippen molar-refractivity contribution >= 4 is 72.7 Å². The molecular formula is C59H45N3. The number of para-hydroxylation sites is 4. The predicted molar refractivity (Wildman–Crippen MR) is 263 cm³/mol. The third-order valence-electron chi connectivity index (χ3n) is 12.5. The van der Waals surface area contributed by atoms with E-state index < -0.39 is 0 Å². The van der Waals surface area contributed by atoms with E-state index in [1.54, 1.807) is 0 Å². The summed E-state index contributed by atoms with van der Waals surface area (Å²) in [5, 5.41) is 5.04. The molecule has 0 N–H and O–H groups in total. The summed E-state index contributed by atoms with van der Waals surface area (Å²) in [6.45, 7) is 4.72. The number of hydrogen-bond acceptors (Lipinski definition) is 3. The standard InChI is InChI=1S/C59H45N3/c1-59(2)57-32-16-15-31-54(57)56-38-43-34-33-42-37-52(35-36-53(42)55(43)41-58(56)59)62(47-25-13-6-14-26-47)51-30-18-29-50(40-51)61(46-23-11-5-12-24-46)49-28-17-27-48(39-49)60(44-19-7-3-8-20-44)45-21-9-4-10-22-45/h3-41H,1-2H3. The molecular weight excluding hydrogens is 751 g/mol. The van der Waals surface area contributed by atoms with Crippen molar-refractivity contribution < 1.29 is 0 Å². The molecule has 0 spiro atoms. The van der Waals surface area contributed by atoms with Crippen molar-refractivity contribution in [3.8, 4) is 11.1 Å². The maximum Gasteiger partial charge on any atom is 0.0482 e. The highest BCUT2D eigenvalue weighted by Gasteiger charge is 2.35. The van der Waals surface area contributed by atoms with Gasteiger partial charge in [-0.25, -0.2) is 0 Å². The maximum atomic E-state index is 2.46. The van der Waals surface area contributed by atoms with E-state index in [4.69, 9.17) is 0 Å². The molecule has 0 radical (unpaired) electrons. The van der Waals surface area contributed by atoms with E-state index in [0.29, 0.717) is 0 Å². The van der Waals surface area contributed by atoms with Crippen LogP contribution in [-0.2, 0) is 5.41 Å². The van der Waals surface area contributed by atoms with Gasteiger partial charge in [0.2, 0.25) is 0 Å². The first-order valence-corrected chi connectivity index (χ1v) is 21.4. The summed E-state index contributed by atoms with van der Waals surface area (Å²) < 4.78 is 0. The van der Waals surface area contributed by atoms with Crippen molar-refractivity contribution in [1.29, 1.82) is 0 Å². The molecule has 0 aliphatic heterocycles. The molecule has 62 heavy (non-hydrogen) atoms. The van der Waals surface area contributed by atoms with Gasteiger partial charge in [0.25, 0.3) is 0 Å². The molecule has 0 heterocycles. The number of benzene rings is 10. The van der Waals surface area contributed by atoms with Gasteiger partial charge in [-0.2, -0.15) is 0 Å². The summed E-state index contributed by atoms with van der Waals surface area (Å²) >= 11 is 0. The molecule has 1 aliphatic carbocycles. The Morgan fingerprint density at radius 1 is 0.258 bits per heavy atom. The predicted octanol–water partition coefficient (Wildman–Crippen LogP) is 16.7. The Bertz CT molecular complexity index is 3180. The van der Waals surface area contributed by atoms with Crippen LogP contribution in [0.15, 0.2) is 237 Å². The maximum absolute atomic E-state index is 2.46. The van der Waals surface area contributed by atoms with Crippen LogP contribution in [0.4, 0.5) is 51.2 Å². The Balaban J connectivity index is 1.03. The highest BCUT2D eigenvalue weighted by molar-refractivity contribution is 6.11. The molecule has 11 rings (SSSR count). The fraction of sp³-hybridized carbons (Fsp3) is 0.0508. The minimum Gasteiger partial charge on any atom is -0.310 e. The van der Waals surface area contributed by atoms with Crippen molar-refractivity contribution in [2.24, 2.45) is 0 Å². The van der Waals surface area contributed by atoms with E-state index in [1.165, 1.54) is 43.8 Å². The van der Waals surface area contributed by atoms with Gasteiger partial charge in [-0.05, 0) is 153 Å². The summed E-state index contributed by atoms with van der Waals surface area (Å²) in [6.07, 6.45) is 0. The first-order valence-electron chi connectivity index (χ1n) is 21.4.